The van der Waals surface area contributed by atoms with Gasteiger partial charge in [-0.2, -0.15) is 0 Å². The van der Waals surface area contributed by atoms with Crippen LogP contribution in [0.2, 0.25) is 18.1 Å². The van der Waals surface area contributed by atoms with Gasteiger partial charge < -0.3 is 20.1 Å². The monoisotopic (exact) mass is 486 g/mol. The molecule has 0 aromatic carbocycles. The fourth-order valence-electron chi connectivity index (χ4n) is 2.53. The zero-order chi connectivity index (χ0) is 24.2. The van der Waals surface area contributed by atoms with Crippen molar-refractivity contribution in [1.82, 2.24) is 0 Å². The third-order valence-electron chi connectivity index (χ3n) is 3.46. The van der Waals surface area contributed by atoms with Crippen molar-refractivity contribution in [2.24, 2.45) is 35.5 Å². The van der Waals surface area contributed by atoms with Crippen molar-refractivity contribution in [3.8, 4) is 0 Å². The molecule has 0 rings (SSSR count). The van der Waals surface area contributed by atoms with Crippen LogP contribution in [-0.4, -0.2) is 48.3 Å². The molecule has 0 unspecified atom stereocenters. The molecule has 0 bridgehead atoms. The average molecular weight is 487 g/mol. The van der Waals surface area contributed by atoms with Gasteiger partial charge in [-0.1, -0.05) is 83.1 Å². The summed E-state index contributed by atoms with van der Waals surface area (Å²) in [5, 5.41) is 24.4. The minimum absolute atomic E-state index is 0. The maximum atomic E-state index is 10.7. The first-order chi connectivity index (χ1) is 13.1. The topological polar surface area (TPSA) is 80.9 Å². The minimum atomic E-state index is -1.94. The molecule has 0 aliphatic carbocycles. The Morgan fingerprint density at radius 3 is 0.633 bits per heavy atom. The molecule has 0 amide bonds. The zero-order valence-corrected chi connectivity index (χ0v) is 25.1. The van der Waals surface area contributed by atoms with Gasteiger partial charge in [0.25, 0.3) is 0 Å². The Morgan fingerprint density at radius 2 is 0.567 bits per heavy atom. The molecule has 186 valence electrons. The van der Waals surface area contributed by atoms with Crippen LogP contribution in [-0.2, 0) is 21.7 Å². The van der Waals surface area contributed by atoms with E-state index in [-0.39, 0.29) is 21.7 Å². The Bertz CT molecular complexity index is 264. The predicted octanol–water partition coefficient (Wildman–Crippen LogP) is 5.79. The third kappa shape index (κ3) is 46.8. The van der Waals surface area contributed by atoms with E-state index in [9.17, 15) is 4.80 Å². The molecule has 6 heteroatoms. The van der Waals surface area contributed by atoms with Gasteiger partial charge in [0.2, 0.25) is 0 Å². The van der Waals surface area contributed by atoms with Crippen molar-refractivity contribution in [3.05, 3.63) is 0 Å². The van der Waals surface area contributed by atoms with Gasteiger partial charge in [-0.15, -0.1) is 0 Å². The van der Waals surface area contributed by atoms with Gasteiger partial charge in [0.1, 0.15) is 0 Å². The van der Waals surface area contributed by atoms with Gasteiger partial charge in [-0.05, 0) is 53.6 Å². The zero-order valence-electron chi connectivity index (χ0n) is 22.5. The van der Waals surface area contributed by atoms with E-state index < -0.39 is 8.32 Å². The van der Waals surface area contributed by atoms with Crippen molar-refractivity contribution in [1.29, 1.82) is 0 Å². The van der Waals surface area contributed by atoms with Crippen molar-refractivity contribution >= 4 is 8.32 Å². The average Bonchev–Trinajstić information content (AvgIpc) is 2.53. The van der Waals surface area contributed by atoms with E-state index in [1.807, 2.05) is 41.5 Å². The Hall–Kier alpha value is 0.771. The first-order valence-electron chi connectivity index (χ1n) is 11.6. The first kappa shape index (κ1) is 41.1. The summed E-state index contributed by atoms with van der Waals surface area (Å²) >= 11 is 0. The van der Waals surface area contributed by atoms with Crippen LogP contribution in [0.5, 0.6) is 0 Å². The summed E-state index contributed by atoms with van der Waals surface area (Å²) in [7, 11) is -1.94. The largest absolute Gasteiger partial charge is 0.432 e. The summed E-state index contributed by atoms with van der Waals surface area (Å²) < 4.78 is 0. The molecule has 0 radical (unpaired) electrons. The Labute approximate surface area is 206 Å². The summed E-state index contributed by atoms with van der Waals surface area (Å²) in [5.74, 6) is 3.25. The molecule has 0 aromatic heterocycles. The van der Waals surface area contributed by atoms with Crippen LogP contribution < -0.4 is 0 Å². The molecular weight excluding hydrogens is 428 g/mol. The normalized spacial score (nSPS) is 11.0. The van der Waals surface area contributed by atoms with Gasteiger partial charge >= 0.3 is 0 Å². The summed E-state index contributed by atoms with van der Waals surface area (Å²) in [6.07, 6.45) is 0. The molecule has 0 atom stereocenters. The van der Waals surface area contributed by atoms with Crippen LogP contribution in [0.15, 0.2) is 0 Å². The molecule has 0 heterocycles. The number of aliphatic hydroxyl groups excluding tert-OH is 3. The predicted molar refractivity (Wildman–Crippen MR) is 133 cm³/mol. The molecule has 0 aliphatic heterocycles. The van der Waals surface area contributed by atoms with E-state index in [4.69, 9.17) is 15.3 Å². The van der Waals surface area contributed by atoms with Gasteiger partial charge in [0, 0.05) is 41.5 Å². The SMILES string of the molecule is CC(C)CO.CC(C)CO.CC(C)CO.CC(C)C[Si](O)(CC(C)C)CC(C)C.[Ti]. The van der Waals surface area contributed by atoms with E-state index >= 15 is 0 Å². The van der Waals surface area contributed by atoms with Gasteiger partial charge in [0.05, 0.1) is 0 Å². The van der Waals surface area contributed by atoms with E-state index in [0.29, 0.717) is 55.3 Å². The van der Waals surface area contributed by atoms with E-state index in [0.717, 1.165) is 18.1 Å². The van der Waals surface area contributed by atoms with Crippen molar-refractivity contribution in [3.63, 3.8) is 0 Å². The molecule has 0 aromatic rings. The first-order valence-corrected chi connectivity index (χ1v) is 14.2. The van der Waals surface area contributed by atoms with Crippen molar-refractivity contribution in [2.45, 2.75) is 101 Å². The maximum absolute atomic E-state index is 10.7. The molecular formula is C24H58O4SiTi. The molecule has 4 N–H and O–H groups in total. The van der Waals surface area contributed by atoms with E-state index in [1.165, 1.54) is 0 Å². The maximum Gasteiger partial charge on any atom is 0.189 e. The summed E-state index contributed by atoms with van der Waals surface area (Å²) in [6, 6.07) is 3.22. The Kier molecular flexibility index (Phi) is 35.6. The molecule has 30 heavy (non-hydrogen) atoms. The number of rotatable bonds is 9. The Balaban J connectivity index is -0.000000108. The van der Waals surface area contributed by atoms with E-state index in [1.54, 1.807) is 0 Å². The van der Waals surface area contributed by atoms with Crippen LogP contribution in [0.1, 0.15) is 83.1 Å². The second-order valence-electron chi connectivity index (χ2n) is 10.7. The van der Waals surface area contributed by atoms with Crippen molar-refractivity contribution < 1.29 is 41.8 Å². The fourth-order valence-corrected chi connectivity index (χ4v) is 7.59. The molecule has 0 saturated heterocycles. The standard InChI is InChI=1S/C12H28OSi.3C4H10O.Ti/c1-10(2)7-14(13,8-11(3)4)9-12(5)6;3*1-4(2)3-5;/h10-13H,7-9H2,1-6H3;3*4-5H,3H2,1-2H3;. The van der Waals surface area contributed by atoms with Crippen LogP contribution in [0.4, 0.5) is 0 Å². The molecule has 0 spiro atoms. The van der Waals surface area contributed by atoms with Crippen LogP contribution in [0.25, 0.3) is 0 Å². The van der Waals surface area contributed by atoms with Crippen LogP contribution >= 0.6 is 0 Å². The van der Waals surface area contributed by atoms with E-state index in [2.05, 4.69) is 41.5 Å². The Morgan fingerprint density at radius 1 is 0.433 bits per heavy atom. The summed E-state index contributed by atoms with van der Waals surface area (Å²) in [5.41, 5.74) is 0. The van der Waals surface area contributed by atoms with Gasteiger partial charge in [0.15, 0.2) is 8.32 Å². The van der Waals surface area contributed by atoms with Gasteiger partial charge in [-0.3, -0.25) is 0 Å². The number of hydrogen-bond acceptors (Lipinski definition) is 4. The third-order valence-corrected chi connectivity index (χ3v) is 8.19. The summed E-state index contributed by atoms with van der Waals surface area (Å²) in [6.45, 7) is 26.1. The number of aliphatic hydroxyl groups is 3. The molecule has 0 fully saturated rings. The fraction of sp³-hybridized carbons (Fsp3) is 1.00. The molecule has 0 saturated carbocycles. The number of hydrogen-bond donors (Lipinski definition) is 4. The van der Waals surface area contributed by atoms with Crippen LogP contribution in [0, 0.1) is 35.5 Å². The van der Waals surface area contributed by atoms with Crippen LogP contribution in [0.3, 0.4) is 0 Å². The molecule has 4 nitrogen and oxygen atoms in total. The quantitative estimate of drug-likeness (QED) is 0.311. The van der Waals surface area contributed by atoms with Crippen molar-refractivity contribution in [2.75, 3.05) is 19.8 Å². The second-order valence-corrected chi connectivity index (χ2v) is 14.4. The smallest absolute Gasteiger partial charge is 0.189 e. The minimum Gasteiger partial charge on any atom is -0.432 e. The molecule has 0 aliphatic rings. The second kappa shape index (κ2) is 26.0. The summed E-state index contributed by atoms with van der Waals surface area (Å²) in [4.78, 5) is 10.7. The van der Waals surface area contributed by atoms with Gasteiger partial charge in [-0.25, -0.2) is 0 Å².